The Balaban J connectivity index is 1.86. The molecule has 1 N–H and O–H groups in total. The second kappa shape index (κ2) is 5.56. The first-order valence-electron chi connectivity index (χ1n) is 7.90. The Morgan fingerprint density at radius 3 is 2.58 bits per heavy atom. The number of carbonyl (C=O) groups is 2. The van der Waals surface area contributed by atoms with E-state index in [1.807, 2.05) is 13.8 Å². The van der Waals surface area contributed by atoms with Crippen LogP contribution in [0, 0.1) is 16.7 Å². The third kappa shape index (κ3) is 2.56. The minimum Gasteiger partial charge on any atom is -0.299 e. The topological polar surface area (TPSA) is 80.3 Å². The van der Waals surface area contributed by atoms with Crippen LogP contribution in [0.3, 0.4) is 0 Å². The molecule has 0 aliphatic heterocycles. The van der Waals surface area contributed by atoms with Gasteiger partial charge in [-0.3, -0.25) is 14.3 Å². The predicted molar refractivity (Wildman–Crippen MR) is 92.8 cm³/mol. The maximum absolute atomic E-state index is 12.7. The SMILES string of the molecule is CC1(C)C2CCC1(CS(=O)(=O)Nc1ccc(C=O)c(Cl)c1)C(=O)C2. The van der Waals surface area contributed by atoms with Gasteiger partial charge in [0, 0.05) is 17.7 Å². The van der Waals surface area contributed by atoms with Crippen molar-refractivity contribution in [1.29, 1.82) is 0 Å². The number of halogens is 1. The fraction of sp³-hybridized carbons (Fsp3) is 0.529. The molecule has 0 radical (unpaired) electrons. The Labute approximate surface area is 146 Å². The molecule has 1 aromatic rings. The lowest BCUT2D eigenvalue weighted by Crippen LogP contribution is -2.43. The summed E-state index contributed by atoms with van der Waals surface area (Å²) in [6.07, 6.45) is 2.60. The number of hydrogen-bond acceptors (Lipinski definition) is 4. The molecule has 3 rings (SSSR count). The van der Waals surface area contributed by atoms with Gasteiger partial charge in [-0.1, -0.05) is 25.4 Å². The van der Waals surface area contributed by atoms with Crippen LogP contribution in [0.15, 0.2) is 18.2 Å². The number of nitrogens with one attached hydrogen (secondary N) is 1. The highest BCUT2D eigenvalue weighted by Gasteiger charge is 2.65. The molecule has 2 aliphatic rings. The zero-order chi connectivity index (χ0) is 17.8. The zero-order valence-corrected chi connectivity index (χ0v) is 15.2. The van der Waals surface area contributed by atoms with Crippen LogP contribution in [-0.4, -0.2) is 26.2 Å². The first kappa shape index (κ1) is 17.4. The highest BCUT2D eigenvalue weighted by molar-refractivity contribution is 7.92. The first-order chi connectivity index (χ1) is 11.1. The Bertz CT molecular complexity index is 818. The Kier molecular flexibility index (Phi) is 4.04. The molecule has 7 heteroatoms. The van der Waals surface area contributed by atoms with Crippen molar-refractivity contribution in [2.75, 3.05) is 10.5 Å². The van der Waals surface area contributed by atoms with Gasteiger partial charge >= 0.3 is 0 Å². The number of hydrogen-bond donors (Lipinski definition) is 1. The number of fused-ring (bicyclic) bond motifs is 2. The summed E-state index contributed by atoms with van der Waals surface area (Å²) in [5.41, 5.74) is -0.530. The largest absolute Gasteiger partial charge is 0.299 e. The lowest BCUT2D eigenvalue weighted by atomic mass is 9.70. The van der Waals surface area contributed by atoms with E-state index in [1.165, 1.54) is 18.2 Å². The third-order valence-electron chi connectivity index (χ3n) is 5.98. The van der Waals surface area contributed by atoms with Crippen molar-refractivity contribution in [3.05, 3.63) is 28.8 Å². The summed E-state index contributed by atoms with van der Waals surface area (Å²) < 4.78 is 27.8. The molecule has 0 aromatic heterocycles. The maximum Gasteiger partial charge on any atom is 0.233 e. The molecule has 0 heterocycles. The average Bonchev–Trinajstić information content (AvgIpc) is 2.80. The molecule has 24 heavy (non-hydrogen) atoms. The van der Waals surface area contributed by atoms with E-state index in [4.69, 9.17) is 11.6 Å². The minimum atomic E-state index is -3.72. The van der Waals surface area contributed by atoms with Crippen LogP contribution in [0.5, 0.6) is 0 Å². The van der Waals surface area contributed by atoms with Crippen molar-refractivity contribution in [2.45, 2.75) is 33.1 Å². The van der Waals surface area contributed by atoms with Gasteiger partial charge in [-0.05, 0) is 42.4 Å². The molecule has 2 saturated carbocycles. The molecule has 0 amide bonds. The summed E-state index contributed by atoms with van der Waals surface area (Å²) in [5, 5.41) is 0.182. The van der Waals surface area contributed by atoms with Gasteiger partial charge in [-0.15, -0.1) is 0 Å². The van der Waals surface area contributed by atoms with E-state index in [9.17, 15) is 18.0 Å². The monoisotopic (exact) mass is 369 g/mol. The van der Waals surface area contributed by atoms with E-state index in [2.05, 4.69) is 4.72 Å². The van der Waals surface area contributed by atoms with Crippen molar-refractivity contribution in [3.63, 3.8) is 0 Å². The van der Waals surface area contributed by atoms with Gasteiger partial charge in [0.2, 0.25) is 10.0 Å². The van der Waals surface area contributed by atoms with Gasteiger partial charge in [0.1, 0.15) is 5.78 Å². The van der Waals surface area contributed by atoms with Crippen LogP contribution in [0.1, 0.15) is 43.5 Å². The number of ketones is 1. The number of benzene rings is 1. The standard InChI is InChI=1S/C17H20ClNO4S/c1-16(2)12-5-6-17(16,15(21)7-12)10-24(22,23)19-13-4-3-11(9-20)14(18)8-13/h3-4,8-9,12,19H,5-7,10H2,1-2H3. The molecule has 2 fully saturated rings. The molecule has 5 nitrogen and oxygen atoms in total. The molecular formula is C17H20ClNO4S. The summed E-state index contributed by atoms with van der Waals surface area (Å²) in [5.74, 6) is 0.111. The van der Waals surface area contributed by atoms with Crippen molar-refractivity contribution < 1.29 is 18.0 Å². The number of carbonyl (C=O) groups excluding carboxylic acids is 2. The van der Waals surface area contributed by atoms with E-state index in [0.717, 1.165) is 6.42 Å². The smallest absolute Gasteiger partial charge is 0.233 e. The Hall–Kier alpha value is -1.40. The normalized spacial score (nSPS) is 28.1. The van der Waals surface area contributed by atoms with Crippen molar-refractivity contribution >= 4 is 39.4 Å². The van der Waals surface area contributed by atoms with Gasteiger partial charge in [0.15, 0.2) is 6.29 Å². The molecule has 0 saturated heterocycles. The summed E-state index contributed by atoms with van der Waals surface area (Å²) in [4.78, 5) is 23.3. The van der Waals surface area contributed by atoms with Crippen LogP contribution in [0.2, 0.25) is 5.02 Å². The molecule has 2 unspecified atom stereocenters. The van der Waals surface area contributed by atoms with Crippen LogP contribution in [-0.2, 0) is 14.8 Å². The van der Waals surface area contributed by atoms with Gasteiger partial charge in [-0.2, -0.15) is 0 Å². The van der Waals surface area contributed by atoms with E-state index in [-0.39, 0.29) is 27.9 Å². The number of aldehydes is 1. The highest BCUT2D eigenvalue weighted by atomic mass is 35.5. The fourth-order valence-electron chi connectivity index (χ4n) is 4.33. The summed E-state index contributed by atoms with van der Waals surface area (Å²) in [6, 6.07) is 4.35. The molecule has 2 bridgehead atoms. The van der Waals surface area contributed by atoms with Crippen LogP contribution >= 0.6 is 11.6 Å². The zero-order valence-electron chi connectivity index (χ0n) is 13.6. The number of Topliss-reactive ketones (excluding diaryl/α,β-unsaturated/α-hetero) is 1. The van der Waals surface area contributed by atoms with Crippen molar-refractivity contribution in [3.8, 4) is 0 Å². The average molecular weight is 370 g/mol. The molecule has 0 spiro atoms. The van der Waals surface area contributed by atoms with Gasteiger partial charge in [0.25, 0.3) is 0 Å². The quantitative estimate of drug-likeness (QED) is 0.807. The van der Waals surface area contributed by atoms with Crippen molar-refractivity contribution in [1.82, 2.24) is 0 Å². The van der Waals surface area contributed by atoms with Crippen LogP contribution in [0.4, 0.5) is 5.69 Å². The molecule has 2 atom stereocenters. The highest BCUT2D eigenvalue weighted by Crippen LogP contribution is 2.64. The van der Waals surface area contributed by atoms with Crippen molar-refractivity contribution in [2.24, 2.45) is 16.7 Å². The molecule has 1 aromatic carbocycles. The Morgan fingerprint density at radius 1 is 1.38 bits per heavy atom. The fourth-order valence-corrected chi connectivity index (χ4v) is 6.44. The molecular weight excluding hydrogens is 350 g/mol. The van der Waals surface area contributed by atoms with Gasteiger partial charge in [0.05, 0.1) is 16.2 Å². The van der Waals surface area contributed by atoms with E-state index in [1.54, 1.807) is 0 Å². The lowest BCUT2D eigenvalue weighted by Gasteiger charge is -2.36. The number of anilines is 1. The second-order valence-corrected chi connectivity index (χ2v) is 9.51. The van der Waals surface area contributed by atoms with E-state index >= 15 is 0 Å². The first-order valence-corrected chi connectivity index (χ1v) is 9.93. The predicted octanol–water partition coefficient (Wildman–Crippen LogP) is 3.29. The van der Waals surface area contributed by atoms with Gasteiger partial charge < -0.3 is 0 Å². The minimum absolute atomic E-state index is 0.0588. The number of sulfonamides is 1. The summed E-state index contributed by atoms with van der Waals surface area (Å²) >= 11 is 5.94. The van der Waals surface area contributed by atoms with Crippen LogP contribution in [0.25, 0.3) is 0 Å². The maximum atomic E-state index is 12.7. The summed E-state index contributed by atoms with van der Waals surface area (Å²) in [6.45, 7) is 4.00. The van der Waals surface area contributed by atoms with Gasteiger partial charge in [-0.25, -0.2) is 8.42 Å². The third-order valence-corrected chi connectivity index (χ3v) is 7.72. The Morgan fingerprint density at radius 2 is 2.08 bits per heavy atom. The summed E-state index contributed by atoms with van der Waals surface area (Å²) in [7, 11) is -3.72. The number of rotatable bonds is 5. The van der Waals surface area contributed by atoms with E-state index in [0.29, 0.717) is 30.4 Å². The molecule has 2 aliphatic carbocycles. The lowest BCUT2D eigenvalue weighted by molar-refractivity contribution is -0.128. The second-order valence-electron chi connectivity index (χ2n) is 7.38. The van der Waals surface area contributed by atoms with Crippen LogP contribution < -0.4 is 4.72 Å². The molecule has 130 valence electrons. The van der Waals surface area contributed by atoms with E-state index < -0.39 is 15.4 Å².